The molecule has 2 aliphatic rings. The van der Waals surface area contributed by atoms with E-state index in [1.807, 2.05) is 66.7 Å². The number of hydrogen-bond donors (Lipinski definition) is 0. The molecule has 0 bridgehead atoms. The van der Waals surface area contributed by atoms with Crippen LogP contribution in [-0.2, 0) is 9.98 Å². The summed E-state index contributed by atoms with van der Waals surface area (Å²) in [7, 11) is -3.19. The van der Waals surface area contributed by atoms with Crippen molar-refractivity contribution in [2.75, 3.05) is 0 Å². The Hall–Kier alpha value is -6.60. The molecular formula is C52H34NOP. The highest BCUT2D eigenvalue weighted by molar-refractivity contribution is 7.85. The first-order valence-corrected chi connectivity index (χ1v) is 20.5. The van der Waals surface area contributed by atoms with Gasteiger partial charge in [0.1, 0.15) is 0 Å². The fraction of sp³-hybridized carbons (Fsp3) is 0.0192. The summed E-state index contributed by atoms with van der Waals surface area (Å²) < 4.78 is 15.6. The number of benzene rings is 8. The zero-order valence-electron chi connectivity index (χ0n) is 29.9. The van der Waals surface area contributed by atoms with E-state index in [2.05, 4.69) is 140 Å². The Bertz CT molecular complexity index is 2970. The third-order valence-electron chi connectivity index (χ3n) is 11.7. The molecule has 0 fully saturated rings. The van der Waals surface area contributed by atoms with Crippen LogP contribution in [0.25, 0.3) is 55.5 Å². The van der Waals surface area contributed by atoms with Gasteiger partial charge in [0.25, 0.3) is 0 Å². The molecule has 0 N–H and O–H groups in total. The largest absolute Gasteiger partial charge is 0.309 e. The molecular weight excluding hydrogens is 686 g/mol. The summed E-state index contributed by atoms with van der Waals surface area (Å²) >= 11 is 0. The Morgan fingerprint density at radius 2 is 0.873 bits per heavy atom. The molecule has 1 spiro atoms. The van der Waals surface area contributed by atoms with Crippen molar-refractivity contribution in [2.24, 2.45) is 0 Å². The first-order valence-electron chi connectivity index (χ1n) is 18.8. The van der Waals surface area contributed by atoms with E-state index in [1.165, 1.54) is 44.3 Å². The van der Waals surface area contributed by atoms with Crippen LogP contribution in [0, 0.1) is 0 Å². The van der Waals surface area contributed by atoms with Gasteiger partial charge >= 0.3 is 0 Å². The third kappa shape index (κ3) is 4.44. The molecule has 1 atom stereocenters. The van der Waals surface area contributed by atoms with Crippen LogP contribution < -0.4 is 15.9 Å². The summed E-state index contributed by atoms with van der Waals surface area (Å²) in [5.74, 6) is 0. The number of pyridine rings is 1. The van der Waals surface area contributed by atoms with Gasteiger partial charge in [-0.05, 0) is 50.4 Å². The topological polar surface area (TPSA) is 30.0 Å². The van der Waals surface area contributed by atoms with E-state index in [0.29, 0.717) is 0 Å². The molecule has 0 saturated heterocycles. The number of fused-ring (bicyclic) bond motifs is 12. The van der Waals surface area contributed by atoms with Crippen LogP contribution in [0.1, 0.15) is 22.3 Å². The Balaban J connectivity index is 1.20. The predicted octanol–water partition coefficient (Wildman–Crippen LogP) is 11.6. The minimum Gasteiger partial charge on any atom is -0.309 e. The van der Waals surface area contributed by atoms with Gasteiger partial charge < -0.3 is 4.57 Å². The minimum absolute atomic E-state index is 0.587. The van der Waals surface area contributed by atoms with Crippen LogP contribution in [0.3, 0.4) is 0 Å². The molecule has 11 rings (SSSR count). The quantitative estimate of drug-likeness (QED) is 0.166. The van der Waals surface area contributed by atoms with Crippen molar-refractivity contribution in [2.45, 2.75) is 5.41 Å². The van der Waals surface area contributed by atoms with Crippen LogP contribution in [0.5, 0.6) is 0 Å². The van der Waals surface area contributed by atoms with Gasteiger partial charge in [-0.3, -0.25) is 0 Å². The zero-order chi connectivity index (χ0) is 36.6. The Morgan fingerprint density at radius 1 is 0.382 bits per heavy atom. The zero-order valence-corrected chi connectivity index (χ0v) is 30.8. The Kier molecular flexibility index (Phi) is 7.08. The molecule has 2 nitrogen and oxygen atoms in total. The van der Waals surface area contributed by atoms with Gasteiger partial charge in [0, 0.05) is 38.0 Å². The van der Waals surface area contributed by atoms with Crippen molar-refractivity contribution in [1.82, 2.24) is 4.98 Å². The molecule has 0 aliphatic heterocycles. The van der Waals surface area contributed by atoms with Gasteiger partial charge in [-0.25, -0.2) is 4.98 Å². The summed E-state index contributed by atoms with van der Waals surface area (Å²) in [4.78, 5) is 5.60. The number of rotatable bonds is 5. The summed E-state index contributed by atoms with van der Waals surface area (Å²) in [5.41, 5.74) is 13.3. The number of nitrogens with zero attached hydrogens (tertiary/aromatic N) is 1. The molecule has 55 heavy (non-hydrogen) atoms. The lowest BCUT2D eigenvalue weighted by atomic mass is 9.69. The van der Waals surface area contributed by atoms with E-state index >= 15 is 4.57 Å². The van der Waals surface area contributed by atoms with Gasteiger partial charge in [0.05, 0.1) is 16.8 Å². The molecule has 2 aliphatic carbocycles. The summed E-state index contributed by atoms with van der Waals surface area (Å²) in [6.45, 7) is 0. The second-order valence-corrected chi connectivity index (χ2v) is 17.3. The van der Waals surface area contributed by atoms with Crippen LogP contribution in [0.2, 0.25) is 0 Å². The lowest BCUT2D eigenvalue weighted by Gasteiger charge is -2.31. The van der Waals surface area contributed by atoms with E-state index in [4.69, 9.17) is 4.98 Å². The van der Waals surface area contributed by atoms with Crippen LogP contribution in [0.15, 0.2) is 206 Å². The monoisotopic (exact) mass is 719 g/mol. The lowest BCUT2D eigenvalue weighted by molar-refractivity contribution is 0.592. The fourth-order valence-electron chi connectivity index (χ4n) is 9.53. The predicted molar refractivity (Wildman–Crippen MR) is 228 cm³/mol. The van der Waals surface area contributed by atoms with Crippen molar-refractivity contribution in [3.05, 3.63) is 229 Å². The molecule has 1 unspecified atom stereocenters. The first-order chi connectivity index (χ1) is 27.2. The maximum absolute atomic E-state index is 15.6. The Labute approximate surface area is 320 Å². The van der Waals surface area contributed by atoms with Gasteiger partial charge in [0.2, 0.25) is 0 Å². The van der Waals surface area contributed by atoms with Gasteiger partial charge in [-0.15, -0.1) is 0 Å². The second-order valence-electron chi connectivity index (χ2n) is 14.5. The van der Waals surface area contributed by atoms with Crippen LogP contribution in [-0.4, -0.2) is 4.98 Å². The van der Waals surface area contributed by atoms with Gasteiger partial charge in [-0.2, -0.15) is 0 Å². The summed E-state index contributed by atoms with van der Waals surface area (Å²) in [5, 5.41) is 4.83. The van der Waals surface area contributed by atoms with E-state index in [0.717, 1.165) is 49.4 Å². The average Bonchev–Trinajstić information content (AvgIpc) is 3.74. The molecule has 1 aromatic heterocycles. The number of aromatic nitrogens is 1. The maximum Gasteiger partial charge on any atom is 0.171 e. The molecule has 9 aromatic rings. The molecule has 8 aromatic carbocycles. The van der Waals surface area contributed by atoms with E-state index in [-0.39, 0.29) is 0 Å². The summed E-state index contributed by atoms with van der Waals surface area (Å²) in [6, 6.07) is 72.3. The highest BCUT2D eigenvalue weighted by Crippen LogP contribution is 2.65. The van der Waals surface area contributed by atoms with Crippen molar-refractivity contribution >= 4 is 33.8 Å². The van der Waals surface area contributed by atoms with Crippen LogP contribution in [0.4, 0.5) is 0 Å². The lowest BCUT2D eigenvalue weighted by Crippen LogP contribution is -2.26. The minimum atomic E-state index is -3.19. The molecule has 0 radical (unpaired) electrons. The smallest absolute Gasteiger partial charge is 0.171 e. The van der Waals surface area contributed by atoms with E-state index < -0.39 is 12.6 Å². The van der Waals surface area contributed by atoms with Gasteiger partial charge in [0.15, 0.2) is 7.14 Å². The third-order valence-corrected chi connectivity index (χ3v) is 14.8. The van der Waals surface area contributed by atoms with Crippen molar-refractivity contribution in [1.29, 1.82) is 0 Å². The SMILES string of the molecule is O=P(c1ccccc1)(c1ccccc1)c1cccc(-c2cccc3c2-c2ccccc2C32c3ccccc3-c3nc(-c4ccccc4)c4ccccc4c32)c1. The van der Waals surface area contributed by atoms with Crippen molar-refractivity contribution in [3.63, 3.8) is 0 Å². The average molecular weight is 720 g/mol. The van der Waals surface area contributed by atoms with Crippen LogP contribution >= 0.6 is 7.14 Å². The highest BCUT2D eigenvalue weighted by Gasteiger charge is 2.53. The maximum atomic E-state index is 15.6. The molecule has 3 heteroatoms. The van der Waals surface area contributed by atoms with E-state index in [1.54, 1.807) is 0 Å². The standard InChI is InChI=1S/C52H34NOP/c54-55(37-21-6-2-7-22-37,38-23-8-3-9-24-38)39-25-16-20-36(34-39)40-30-17-33-47-48(40)43-28-12-14-31-45(43)52(47)46-32-15-13-29-44(46)51-49(52)41-26-10-11-27-42(41)50(53-51)35-18-4-1-5-19-35/h1-34H. The fourth-order valence-corrected chi connectivity index (χ4v) is 12.2. The van der Waals surface area contributed by atoms with Gasteiger partial charge in [-0.1, -0.05) is 200 Å². The molecule has 1 heterocycles. The first kappa shape index (κ1) is 31.9. The highest BCUT2D eigenvalue weighted by atomic mass is 31.2. The normalized spacial score (nSPS) is 15.1. The van der Waals surface area contributed by atoms with Crippen molar-refractivity contribution < 1.29 is 4.57 Å². The molecule has 258 valence electrons. The number of hydrogen-bond acceptors (Lipinski definition) is 2. The second kappa shape index (κ2) is 12.2. The van der Waals surface area contributed by atoms with Crippen molar-refractivity contribution in [3.8, 4) is 44.8 Å². The van der Waals surface area contributed by atoms with E-state index in [9.17, 15) is 0 Å². The Morgan fingerprint density at radius 3 is 1.58 bits per heavy atom. The summed E-state index contributed by atoms with van der Waals surface area (Å²) in [6.07, 6.45) is 0. The molecule has 0 saturated carbocycles. The molecule has 0 amide bonds.